The first-order valence-corrected chi connectivity index (χ1v) is 6.60. The van der Waals surface area contributed by atoms with E-state index in [1.165, 1.54) is 31.5 Å². The number of nitrogens with zero attached hydrogens (tertiary/aromatic N) is 2. The van der Waals surface area contributed by atoms with Crippen molar-refractivity contribution in [3.8, 4) is 0 Å². The summed E-state index contributed by atoms with van der Waals surface area (Å²) < 4.78 is 0. The van der Waals surface area contributed by atoms with Crippen molar-refractivity contribution in [2.75, 3.05) is 13.1 Å². The van der Waals surface area contributed by atoms with E-state index in [0.29, 0.717) is 18.0 Å². The molecule has 1 aliphatic rings. The van der Waals surface area contributed by atoms with Crippen LogP contribution in [0.5, 0.6) is 0 Å². The number of carbonyl (C=O) groups excluding carboxylic acids is 1. The van der Waals surface area contributed by atoms with Gasteiger partial charge in [0.2, 0.25) is 0 Å². The number of carboxylic acids is 1. The maximum atomic E-state index is 12.3. The van der Waals surface area contributed by atoms with Gasteiger partial charge < -0.3 is 10.0 Å². The number of aromatic carboxylic acids is 1. The Morgan fingerprint density at radius 3 is 2.74 bits per heavy atom. The topological polar surface area (TPSA) is 70.5 Å². The van der Waals surface area contributed by atoms with Crippen molar-refractivity contribution >= 4 is 11.9 Å². The minimum Gasteiger partial charge on any atom is -0.477 e. The van der Waals surface area contributed by atoms with Gasteiger partial charge in [-0.1, -0.05) is 6.42 Å². The lowest BCUT2D eigenvalue weighted by Crippen LogP contribution is -2.37. The van der Waals surface area contributed by atoms with Gasteiger partial charge in [0.1, 0.15) is 5.69 Å². The highest BCUT2D eigenvalue weighted by Crippen LogP contribution is 2.27. The Labute approximate surface area is 112 Å². The summed E-state index contributed by atoms with van der Waals surface area (Å²) in [6.07, 6.45) is 4.98. The van der Waals surface area contributed by atoms with Crippen molar-refractivity contribution in [3.05, 3.63) is 29.6 Å². The smallest absolute Gasteiger partial charge is 0.354 e. The molecule has 0 bridgehead atoms. The van der Waals surface area contributed by atoms with E-state index in [-0.39, 0.29) is 11.6 Å². The molecule has 0 spiro atoms. The highest BCUT2D eigenvalue weighted by Gasteiger charge is 2.23. The third-order valence-corrected chi connectivity index (χ3v) is 3.60. The predicted molar refractivity (Wildman–Crippen MR) is 70.1 cm³/mol. The molecule has 1 saturated carbocycles. The van der Waals surface area contributed by atoms with Crippen LogP contribution in [-0.2, 0) is 0 Å². The Balaban J connectivity index is 2.11. The number of rotatable bonds is 5. The number of hydrogen-bond acceptors (Lipinski definition) is 3. The van der Waals surface area contributed by atoms with Crippen LogP contribution < -0.4 is 0 Å². The SMILES string of the molecule is CCN(CC1CCC1)C(=O)c1ccnc(C(=O)O)c1. The summed E-state index contributed by atoms with van der Waals surface area (Å²) in [6.45, 7) is 3.34. The maximum absolute atomic E-state index is 12.3. The van der Waals surface area contributed by atoms with Gasteiger partial charge in [-0.25, -0.2) is 9.78 Å². The fraction of sp³-hybridized carbons (Fsp3) is 0.500. The number of amides is 1. The fourth-order valence-electron chi connectivity index (χ4n) is 2.21. The van der Waals surface area contributed by atoms with Gasteiger partial charge in [-0.15, -0.1) is 0 Å². The first kappa shape index (κ1) is 13.5. The molecule has 2 rings (SSSR count). The van der Waals surface area contributed by atoms with E-state index in [1.54, 1.807) is 11.0 Å². The highest BCUT2D eigenvalue weighted by molar-refractivity contribution is 5.96. The third kappa shape index (κ3) is 3.10. The third-order valence-electron chi connectivity index (χ3n) is 3.60. The van der Waals surface area contributed by atoms with E-state index in [2.05, 4.69) is 4.98 Å². The Bertz CT molecular complexity index is 483. The number of carboxylic acid groups (broad SMARTS) is 1. The summed E-state index contributed by atoms with van der Waals surface area (Å²) in [5.41, 5.74) is 0.305. The second-order valence-corrected chi connectivity index (χ2v) is 4.88. The van der Waals surface area contributed by atoms with Crippen molar-refractivity contribution in [2.45, 2.75) is 26.2 Å². The largest absolute Gasteiger partial charge is 0.477 e. The van der Waals surface area contributed by atoms with Crippen LogP contribution in [0.25, 0.3) is 0 Å². The molecule has 19 heavy (non-hydrogen) atoms. The van der Waals surface area contributed by atoms with E-state index in [4.69, 9.17) is 5.11 Å². The van der Waals surface area contributed by atoms with E-state index in [1.807, 2.05) is 6.92 Å². The van der Waals surface area contributed by atoms with Crippen LogP contribution >= 0.6 is 0 Å². The van der Waals surface area contributed by atoms with Crippen molar-refractivity contribution in [2.24, 2.45) is 5.92 Å². The number of aromatic nitrogens is 1. The van der Waals surface area contributed by atoms with Gasteiger partial charge in [0.25, 0.3) is 5.91 Å². The normalized spacial score (nSPS) is 14.8. The molecule has 0 unspecified atom stereocenters. The van der Waals surface area contributed by atoms with Crippen LogP contribution in [0.4, 0.5) is 0 Å². The van der Waals surface area contributed by atoms with Crippen molar-refractivity contribution in [1.82, 2.24) is 9.88 Å². The summed E-state index contributed by atoms with van der Waals surface area (Å²) in [5.74, 6) is -0.624. The summed E-state index contributed by atoms with van der Waals surface area (Å²) in [5, 5.41) is 8.89. The molecule has 102 valence electrons. The molecule has 0 atom stereocenters. The molecule has 1 aromatic heterocycles. The first-order valence-electron chi connectivity index (χ1n) is 6.60. The van der Waals surface area contributed by atoms with E-state index in [0.717, 1.165) is 6.54 Å². The molecule has 0 saturated heterocycles. The zero-order valence-corrected chi connectivity index (χ0v) is 11.0. The fourth-order valence-corrected chi connectivity index (χ4v) is 2.21. The highest BCUT2D eigenvalue weighted by atomic mass is 16.4. The lowest BCUT2D eigenvalue weighted by Gasteiger charge is -2.31. The minimum atomic E-state index is -1.11. The summed E-state index contributed by atoms with van der Waals surface area (Å²) in [6, 6.07) is 2.91. The minimum absolute atomic E-state index is 0.0921. The van der Waals surface area contributed by atoms with Crippen LogP contribution in [0.1, 0.15) is 47.0 Å². The molecular formula is C14H18N2O3. The van der Waals surface area contributed by atoms with Gasteiger partial charge in [-0.3, -0.25) is 4.79 Å². The second-order valence-electron chi connectivity index (χ2n) is 4.88. The van der Waals surface area contributed by atoms with Crippen molar-refractivity contribution in [3.63, 3.8) is 0 Å². The molecule has 1 aromatic rings. The molecule has 5 nitrogen and oxygen atoms in total. The maximum Gasteiger partial charge on any atom is 0.354 e. The van der Waals surface area contributed by atoms with Crippen LogP contribution in [0, 0.1) is 5.92 Å². The van der Waals surface area contributed by atoms with E-state index >= 15 is 0 Å². The zero-order valence-electron chi connectivity index (χ0n) is 11.0. The van der Waals surface area contributed by atoms with Crippen LogP contribution in [0.3, 0.4) is 0 Å². The van der Waals surface area contributed by atoms with Crippen molar-refractivity contribution in [1.29, 1.82) is 0 Å². The van der Waals surface area contributed by atoms with E-state index in [9.17, 15) is 9.59 Å². The molecule has 1 fully saturated rings. The molecule has 5 heteroatoms. The molecular weight excluding hydrogens is 244 g/mol. The number of carbonyl (C=O) groups is 2. The quantitative estimate of drug-likeness (QED) is 0.881. The van der Waals surface area contributed by atoms with Gasteiger partial charge in [0.05, 0.1) is 0 Å². The Kier molecular flexibility index (Phi) is 4.14. The number of pyridine rings is 1. The Hall–Kier alpha value is -1.91. The van der Waals surface area contributed by atoms with Gasteiger partial charge in [-0.2, -0.15) is 0 Å². The average molecular weight is 262 g/mol. The van der Waals surface area contributed by atoms with Gasteiger partial charge in [-0.05, 0) is 37.8 Å². The van der Waals surface area contributed by atoms with Gasteiger partial charge >= 0.3 is 5.97 Å². The standard InChI is InChI=1S/C14H18N2O3/c1-2-16(9-10-4-3-5-10)13(17)11-6-7-15-12(8-11)14(18)19/h6-8,10H,2-5,9H2,1H3,(H,18,19). The average Bonchev–Trinajstić information content (AvgIpc) is 2.37. The van der Waals surface area contributed by atoms with Crippen LogP contribution in [-0.4, -0.2) is 40.0 Å². The summed E-state index contributed by atoms with van der Waals surface area (Å²) in [7, 11) is 0. The molecule has 1 heterocycles. The molecule has 1 N–H and O–H groups in total. The monoisotopic (exact) mass is 262 g/mol. The Morgan fingerprint density at radius 1 is 1.47 bits per heavy atom. The summed E-state index contributed by atoms with van der Waals surface area (Å²) >= 11 is 0. The molecule has 0 aliphatic heterocycles. The predicted octanol–water partition coefficient (Wildman–Crippen LogP) is 2.04. The summed E-state index contributed by atoms with van der Waals surface area (Å²) in [4.78, 5) is 28.7. The second kappa shape index (κ2) is 5.82. The van der Waals surface area contributed by atoms with Crippen molar-refractivity contribution < 1.29 is 14.7 Å². The lowest BCUT2D eigenvalue weighted by atomic mass is 9.85. The lowest BCUT2D eigenvalue weighted by molar-refractivity contribution is 0.0690. The molecule has 0 aromatic carbocycles. The van der Waals surface area contributed by atoms with E-state index < -0.39 is 5.97 Å². The van der Waals surface area contributed by atoms with Crippen LogP contribution in [0.2, 0.25) is 0 Å². The molecule has 0 radical (unpaired) electrons. The Morgan fingerprint density at radius 2 is 2.21 bits per heavy atom. The van der Waals surface area contributed by atoms with Crippen LogP contribution in [0.15, 0.2) is 18.3 Å². The van der Waals surface area contributed by atoms with Gasteiger partial charge in [0.15, 0.2) is 0 Å². The first-order chi connectivity index (χ1) is 9.11. The number of hydrogen-bond donors (Lipinski definition) is 1. The zero-order chi connectivity index (χ0) is 13.8. The molecule has 1 amide bonds. The van der Waals surface area contributed by atoms with Gasteiger partial charge in [0, 0.05) is 24.8 Å². The molecule has 1 aliphatic carbocycles.